The lowest BCUT2D eigenvalue weighted by Crippen LogP contribution is -2.21. The standard InChI is InChI=1S/C14H12O2.C11H12O/c15-14(13-9-5-2-6-10-13)16-11-12-7-3-1-4-8-12;12-11(10-7-4-8-10)9-5-2-1-3-6-9/h1-10H,11H2;1-3,5-6,10H,4,7-8H2. The van der Waals surface area contributed by atoms with E-state index in [0.717, 1.165) is 24.0 Å². The van der Waals surface area contributed by atoms with Crippen molar-refractivity contribution in [1.29, 1.82) is 0 Å². The molecular formula is C25H24O3. The molecule has 0 N–H and O–H groups in total. The van der Waals surface area contributed by atoms with E-state index in [2.05, 4.69) is 0 Å². The molecule has 0 aliphatic heterocycles. The predicted molar refractivity (Wildman–Crippen MR) is 110 cm³/mol. The maximum absolute atomic E-state index is 11.6. The summed E-state index contributed by atoms with van der Waals surface area (Å²) in [7, 11) is 0. The second kappa shape index (κ2) is 10.2. The quantitative estimate of drug-likeness (QED) is 0.425. The van der Waals surface area contributed by atoms with Gasteiger partial charge in [-0.05, 0) is 30.5 Å². The number of ketones is 1. The zero-order chi connectivity index (χ0) is 19.6. The molecule has 0 amide bonds. The molecule has 3 aromatic rings. The summed E-state index contributed by atoms with van der Waals surface area (Å²) in [5.74, 6) is 0.374. The maximum atomic E-state index is 11.6. The number of rotatable bonds is 5. The zero-order valence-electron chi connectivity index (χ0n) is 15.8. The molecule has 0 aromatic heterocycles. The first kappa shape index (κ1) is 19.6. The van der Waals surface area contributed by atoms with E-state index in [4.69, 9.17) is 4.74 Å². The van der Waals surface area contributed by atoms with Crippen molar-refractivity contribution < 1.29 is 14.3 Å². The normalized spacial score (nSPS) is 12.9. The minimum Gasteiger partial charge on any atom is -0.457 e. The average molecular weight is 372 g/mol. The van der Waals surface area contributed by atoms with Crippen LogP contribution in [0.5, 0.6) is 0 Å². The minimum atomic E-state index is -0.288. The van der Waals surface area contributed by atoms with Crippen LogP contribution in [0, 0.1) is 5.92 Å². The van der Waals surface area contributed by atoms with E-state index in [9.17, 15) is 9.59 Å². The van der Waals surface area contributed by atoms with Gasteiger partial charge in [0.05, 0.1) is 5.56 Å². The maximum Gasteiger partial charge on any atom is 0.338 e. The van der Waals surface area contributed by atoms with Crippen LogP contribution in [0.2, 0.25) is 0 Å². The van der Waals surface area contributed by atoms with Gasteiger partial charge in [0.15, 0.2) is 5.78 Å². The molecular weight excluding hydrogens is 348 g/mol. The molecule has 3 aromatic carbocycles. The molecule has 0 radical (unpaired) electrons. The lowest BCUT2D eigenvalue weighted by molar-refractivity contribution is 0.0472. The first-order valence-electron chi connectivity index (χ1n) is 9.59. The van der Waals surface area contributed by atoms with Crippen LogP contribution >= 0.6 is 0 Å². The largest absolute Gasteiger partial charge is 0.457 e. The highest BCUT2D eigenvalue weighted by atomic mass is 16.5. The van der Waals surface area contributed by atoms with Crippen LogP contribution in [0.25, 0.3) is 0 Å². The Bertz CT molecular complexity index is 869. The fraction of sp³-hybridized carbons (Fsp3) is 0.200. The number of hydrogen-bond donors (Lipinski definition) is 0. The monoisotopic (exact) mass is 372 g/mol. The Balaban J connectivity index is 0.000000167. The van der Waals surface area contributed by atoms with E-state index in [1.807, 2.05) is 78.9 Å². The number of benzene rings is 3. The van der Waals surface area contributed by atoms with E-state index < -0.39 is 0 Å². The van der Waals surface area contributed by atoms with Gasteiger partial charge in [-0.25, -0.2) is 4.79 Å². The molecule has 0 bridgehead atoms. The fourth-order valence-electron chi connectivity index (χ4n) is 2.89. The van der Waals surface area contributed by atoms with Gasteiger partial charge >= 0.3 is 5.97 Å². The summed E-state index contributed by atoms with van der Waals surface area (Å²) < 4.78 is 5.18. The highest BCUT2D eigenvalue weighted by molar-refractivity contribution is 5.98. The molecule has 1 saturated carbocycles. The number of ether oxygens (including phenoxy) is 1. The van der Waals surface area contributed by atoms with Crippen molar-refractivity contribution in [3.63, 3.8) is 0 Å². The van der Waals surface area contributed by atoms with Crippen LogP contribution in [0.1, 0.15) is 45.5 Å². The fourth-order valence-corrected chi connectivity index (χ4v) is 2.89. The molecule has 4 rings (SSSR count). The second-order valence-electron chi connectivity index (χ2n) is 6.79. The highest BCUT2D eigenvalue weighted by Crippen LogP contribution is 2.29. The van der Waals surface area contributed by atoms with Crippen molar-refractivity contribution in [3.05, 3.63) is 108 Å². The van der Waals surface area contributed by atoms with Crippen molar-refractivity contribution >= 4 is 11.8 Å². The first-order valence-corrected chi connectivity index (χ1v) is 9.59. The van der Waals surface area contributed by atoms with Gasteiger partial charge in [-0.3, -0.25) is 4.79 Å². The number of Topliss-reactive ketones (excluding diaryl/α,β-unsaturated/α-hetero) is 1. The minimum absolute atomic E-state index is 0.288. The molecule has 1 aliphatic rings. The van der Waals surface area contributed by atoms with Crippen molar-refractivity contribution in [2.75, 3.05) is 0 Å². The molecule has 0 heterocycles. The average Bonchev–Trinajstić information content (AvgIpc) is 2.73. The predicted octanol–water partition coefficient (Wildman–Crippen LogP) is 5.71. The number of carbonyl (C=O) groups excluding carboxylic acids is 2. The van der Waals surface area contributed by atoms with Crippen molar-refractivity contribution in [3.8, 4) is 0 Å². The molecule has 142 valence electrons. The van der Waals surface area contributed by atoms with Gasteiger partial charge in [-0.15, -0.1) is 0 Å². The Morgan fingerprint density at radius 3 is 1.71 bits per heavy atom. The summed E-state index contributed by atoms with van der Waals surface area (Å²) in [5, 5.41) is 0. The van der Waals surface area contributed by atoms with E-state index in [0.29, 0.717) is 23.9 Å². The molecule has 0 unspecified atom stereocenters. The van der Waals surface area contributed by atoms with Gasteiger partial charge in [0, 0.05) is 11.5 Å². The molecule has 1 aliphatic carbocycles. The first-order chi connectivity index (χ1) is 13.7. The van der Waals surface area contributed by atoms with Gasteiger partial charge in [-0.1, -0.05) is 85.3 Å². The molecule has 0 spiro atoms. The van der Waals surface area contributed by atoms with E-state index in [1.165, 1.54) is 6.42 Å². The second-order valence-corrected chi connectivity index (χ2v) is 6.79. The third kappa shape index (κ3) is 5.65. The molecule has 0 saturated heterocycles. The third-order valence-corrected chi connectivity index (χ3v) is 4.76. The van der Waals surface area contributed by atoms with E-state index in [-0.39, 0.29) is 5.97 Å². The zero-order valence-corrected chi connectivity index (χ0v) is 15.8. The van der Waals surface area contributed by atoms with Crippen molar-refractivity contribution in [2.45, 2.75) is 25.9 Å². The van der Waals surface area contributed by atoms with Gasteiger partial charge in [0.1, 0.15) is 6.61 Å². The molecule has 1 fully saturated rings. The number of esters is 1. The molecule has 3 nitrogen and oxygen atoms in total. The summed E-state index contributed by atoms with van der Waals surface area (Å²) in [6.45, 7) is 0.314. The summed E-state index contributed by atoms with van der Waals surface area (Å²) in [6, 6.07) is 28.2. The topological polar surface area (TPSA) is 43.4 Å². The molecule has 0 atom stereocenters. The van der Waals surface area contributed by atoms with Crippen molar-refractivity contribution in [1.82, 2.24) is 0 Å². The lowest BCUT2D eigenvalue weighted by atomic mass is 9.80. The van der Waals surface area contributed by atoms with Crippen LogP contribution in [0.15, 0.2) is 91.0 Å². The summed E-state index contributed by atoms with van der Waals surface area (Å²) in [4.78, 5) is 23.2. The Kier molecular flexibility index (Phi) is 7.14. The van der Waals surface area contributed by atoms with Crippen molar-refractivity contribution in [2.24, 2.45) is 5.92 Å². The van der Waals surface area contributed by atoms with Gasteiger partial charge in [-0.2, -0.15) is 0 Å². The van der Waals surface area contributed by atoms with Gasteiger partial charge in [0.25, 0.3) is 0 Å². The summed E-state index contributed by atoms with van der Waals surface area (Å²) in [5.41, 5.74) is 2.45. The Labute approximate surface area is 166 Å². The summed E-state index contributed by atoms with van der Waals surface area (Å²) >= 11 is 0. The Hall–Kier alpha value is -3.20. The Morgan fingerprint density at radius 1 is 0.714 bits per heavy atom. The van der Waals surface area contributed by atoms with Crippen LogP contribution in [-0.2, 0) is 11.3 Å². The highest BCUT2D eigenvalue weighted by Gasteiger charge is 2.25. The van der Waals surface area contributed by atoms with E-state index in [1.54, 1.807) is 12.1 Å². The van der Waals surface area contributed by atoms with E-state index >= 15 is 0 Å². The Morgan fingerprint density at radius 2 is 1.21 bits per heavy atom. The third-order valence-electron chi connectivity index (χ3n) is 4.76. The number of carbonyl (C=O) groups is 2. The SMILES string of the molecule is O=C(OCc1ccccc1)c1ccccc1.O=C(c1ccccc1)C1CCC1. The van der Waals surface area contributed by atoms with Crippen LogP contribution in [0.4, 0.5) is 0 Å². The van der Waals surface area contributed by atoms with Gasteiger partial charge in [0.2, 0.25) is 0 Å². The number of hydrogen-bond acceptors (Lipinski definition) is 3. The van der Waals surface area contributed by atoms with Gasteiger partial charge < -0.3 is 4.74 Å². The van der Waals surface area contributed by atoms with Crippen LogP contribution < -0.4 is 0 Å². The molecule has 3 heteroatoms. The molecule has 28 heavy (non-hydrogen) atoms. The smallest absolute Gasteiger partial charge is 0.338 e. The van der Waals surface area contributed by atoms with Crippen LogP contribution in [-0.4, -0.2) is 11.8 Å². The van der Waals surface area contributed by atoms with Crippen LogP contribution in [0.3, 0.4) is 0 Å². The summed E-state index contributed by atoms with van der Waals surface area (Å²) in [6.07, 6.45) is 3.41. The lowest BCUT2D eigenvalue weighted by Gasteiger charge is -2.23.